The first-order chi connectivity index (χ1) is 10.5. The molecule has 5 nitrogen and oxygen atoms in total. The van der Waals surface area contributed by atoms with Crippen LogP contribution in [-0.4, -0.2) is 21.0 Å². The number of halogens is 2. The first-order valence-electron chi connectivity index (χ1n) is 7.16. The van der Waals surface area contributed by atoms with Gasteiger partial charge in [-0.2, -0.15) is 15.0 Å². The van der Waals surface area contributed by atoms with Gasteiger partial charge in [-0.25, -0.2) is 0 Å². The van der Waals surface area contributed by atoms with Crippen molar-refractivity contribution < 1.29 is 0 Å². The molecule has 0 aliphatic carbocycles. The van der Waals surface area contributed by atoms with E-state index in [1.54, 1.807) is 13.0 Å². The Kier molecular flexibility index (Phi) is 5.80. The highest BCUT2D eigenvalue weighted by Crippen LogP contribution is 2.21. The summed E-state index contributed by atoms with van der Waals surface area (Å²) >= 11 is 12.0. The SMILES string of the molecule is CCC(CCc1cc(Cl)cc(Cl)c1)Nc1nc(C)nc(N)n1. The molecule has 0 aliphatic heterocycles. The van der Waals surface area contributed by atoms with Crippen LogP contribution in [0.2, 0.25) is 10.0 Å². The molecule has 0 saturated carbocycles. The zero-order valence-electron chi connectivity index (χ0n) is 12.6. The molecule has 7 heteroatoms. The standard InChI is InChI=1S/C15H19Cl2N5/c1-3-13(21-15-20-9(2)19-14(18)22-15)5-4-10-6-11(16)8-12(17)7-10/h6-8,13H,3-5H2,1-2H3,(H3,18,19,20,21,22). The van der Waals surface area contributed by atoms with Crippen LogP contribution in [0.4, 0.5) is 11.9 Å². The van der Waals surface area contributed by atoms with Gasteiger partial charge < -0.3 is 11.1 Å². The van der Waals surface area contributed by atoms with Crippen molar-refractivity contribution in [2.45, 2.75) is 39.2 Å². The Morgan fingerprint density at radius 2 is 1.82 bits per heavy atom. The van der Waals surface area contributed by atoms with Gasteiger partial charge in [-0.05, 0) is 49.9 Å². The molecule has 1 aromatic heterocycles. The second kappa shape index (κ2) is 7.61. The minimum Gasteiger partial charge on any atom is -0.368 e. The van der Waals surface area contributed by atoms with E-state index >= 15 is 0 Å². The van der Waals surface area contributed by atoms with Gasteiger partial charge in [0.05, 0.1) is 0 Å². The Hall–Kier alpha value is -1.59. The molecule has 0 amide bonds. The Labute approximate surface area is 140 Å². The number of nitrogens with one attached hydrogen (secondary N) is 1. The first kappa shape index (κ1) is 16.8. The summed E-state index contributed by atoms with van der Waals surface area (Å²) in [6, 6.07) is 5.84. The molecule has 22 heavy (non-hydrogen) atoms. The van der Waals surface area contributed by atoms with Gasteiger partial charge in [-0.1, -0.05) is 30.1 Å². The molecule has 0 radical (unpaired) electrons. The van der Waals surface area contributed by atoms with Crippen molar-refractivity contribution in [3.63, 3.8) is 0 Å². The Morgan fingerprint density at radius 3 is 2.41 bits per heavy atom. The van der Waals surface area contributed by atoms with Gasteiger partial charge in [-0.15, -0.1) is 0 Å². The molecule has 0 bridgehead atoms. The van der Waals surface area contributed by atoms with Gasteiger partial charge in [0.2, 0.25) is 11.9 Å². The lowest BCUT2D eigenvalue weighted by Gasteiger charge is -2.17. The fraction of sp³-hybridized carbons (Fsp3) is 0.400. The lowest BCUT2D eigenvalue weighted by atomic mass is 10.0. The highest BCUT2D eigenvalue weighted by Gasteiger charge is 2.10. The van der Waals surface area contributed by atoms with E-state index in [-0.39, 0.29) is 12.0 Å². The minimum absolute atomic E-state index is 0.228. The van der Waals surface area contributed by atoms with Gasteiger partial charge in [-0.3, -0.25) is 0 Å². The summed E-state index contributed by atoms with van der Waals surface area (Å²) in [7, 11) is 0. The number of aryl methyl sites for hydroxylation is 2. The lowest BCUT2D eigenvalue weighted by Crippen LogP contribution is -2.21. The van der Waals surface area contributed by atoms with Crippen LogP contribution >= 0.6 is 23.2 Å². The van der Waals surface area contributed by atoms with Gasteiger partial charge in [0, 0.05) is 16.1 Å². The number of rotatable bonds is 6. The maximum atomic E-state index is 6.02. The second-order valence-corrected chi connectivity index (χ2v) is 6.00. The van der Waals surface area contributed by atoms with Gasteiger partial charge in [0.15, 0.2) is 0 Å². The van der Waals surface area contributed by atoms with Crippen LogP contribution in [0, 0.1) is 6.92 Å². The number of nitrogen functional groups attached to an aromatic ring is 1. The predicted molar refractivity (Wildman–Crippen MR) is 91.5 cm³/mol. The van der Waals surface area contributed by atoms with E-state index in [9.17, 15) is 0 Å². The molecule has 0 spiro atoms. The zero-order chi connectivity index (χ0) is 16.1. The maximum absolute atomic E-state index is 6.02. The first-order valence-corrected chi connectivity index (χ1v) is 7.91. The van der Waals surface area contributed by atoms with E-state index in [2.05, 4.69) is 27.2 Å². The number of anilines is 2. The summed E-state index contributed by atoms with van der Waals surface area (Å²) in [6.07, 6.45) is 2.72. The van der Waals surface area contributed by atoms with Crippen molar-refractivity contribution in [2.24, 2.45) is 0 Å². The molecule has 0 aliphatic rings. The van der Waals surface area contributed by atoms with Gasteiger partial charge in [0.1, 0.15) is 5.82 Å². The molecule has 1 atom stereocenters. The van der Waals surface area contributed by atoms with E-state index in [0.29, 0.717) is 21.8 Å². The molecular weight excluding hydrogens is 321 g/mol. The summed E-state index contributed by atoms with van der Waals surface area (Å²) in [5.41, 5.74) is 6.76. The summed E-state index contributed by atoms with van der Waals surface area (Å²) in [5.74, 6) is 1.35. The van der Waals surface area contributed by atoms with Crippen LogP contribution in [0.3, 0.4) is 0 Å². The molecule has 3 N–H and O–H groups in total. The van der Waals surface area contributed by atoms with Crippen LogP contribution in [0.5, 0.6) is 0 Å². The summed E-state index contributed by atoms with van der Waals surface area (Å²) < 4.78 is 0. The van der Waals surface area contributed by atoms with Crippen LogP contribution in [0.1, 0.15) is 31.2 Å². The van der Waals surface area contributed by atoms with E-state index in [1.165, 1.54) is 0 Å². The average Bonchev–Trinajstić information content (AvgIpc) is 2.41. The predicted octanol–water partition coefficient (Wildman–Crippen LogP) is 3.89. The number of nitrogens with two attached hydrogens (primary N) is 1. The van der Waals surface area contributed by atoms with Crippen LogP contribution in [0.15, 0.2) is 18.2 Å². The quantitative estimate of drug-likeness (QED) is 0.834. The minimum atomic E-state index is 0.228. The average molecular weight is 340 g/mol. The number of aromatic nitrogens is 3. The highest BCUT2D eigenvalue weighted by molar-refractivity contribution is 6.34. The smallest absolute Gasteiger partial charge is 0.227 e. The molecule has 0 saturated heterocycles. The van der Waals surface area contributed by atoms with Crippen LogP contribution < -0.4 is 11.1 Å². The maximum Gasteiger partial charge on any atom is 0.227 e. The number of hydrogen-bond acceptors (Lipinski definition) is 5. The Bertz CT molecular complexity index is 607. The lowest BCUT2D eigenvalue weighted by molar-refractivity contribution is 0.627. The third-order valence-electron chi connectivity index (χ3n) is 3.29. The fourth-order valence-electron chi connectivity index (χ4n) is 2.22. The van der Waals surface area contributed by atoms with Crippen molar-refractivity contribution in [1.82, 2.24) is 15.0 Å². The largest absolute Gasteiger partial charge is 0.368 e. The van der Waals surface area contributed by atoms with Crippen molar-refractivity contribution in [1.29, 1.82) is 0 Å². The Morgan fingerprint density at radius 1 is 1.14 bits per heavy atom. The zero-order valence-corrected chi connectivity index (χ0v) is 14.1. The number of benzene rings is 1. The summed E-state index contributed by atoms with van der Waals surface area (Å²) in [5, 5.41) is 4.62. The molecule has 1 aromatic carbocycles. The molecule has 0 fully saturated rings. The third kappa shape index (κ3) is 5.00. The normalized spacial score (nSPS) is 12.2. The number of hydrogen-bond donors (Lipinski definition) is 2. The second-order valence-electron chi connectivity index (χ2n) is 5.13. The van der Waals surface area contributed by atoms with Crippen LogP contribution in [-0.2, 0) is 6.42 Å². The third-order valence-corrected chi connectivity index (χ3v) is 3.73. The summed E-state index contributed by atoms with van der Waals surface area (Å²) in [4.78, 5) is 12.3. The molecular formula is C15H19Cl2N5. The fourth-order valence-corrected chi connectivity index (χ4v) is 2.80. The highest BCUT2D eigenvalue weighted by atomic mass is 35.5. The van der Waals surface area contributed by atoms with Crippen molar-refractivity contribution >= 4 is 35.1 Å². The topological polar surface area (TPSA) is 76.7 Å². The van der Waals surface area contributed by atoms with Gasteiger partial charge in [0.25, 0.3) is 0 Å². The van der Waals surface area contributed by atoms with E-state index < -0.39 is 0 Å². The van der Waals surface area contributed by atoms with Gasteiger partial charge >= 0.3 is 0 Å². The Balaban J connectivity index is 2.00. The van der Waals surface area contributed by atoms with E-state index in [4.69, 9.17) is 28.9 Å². The van der Waals surface area contributed by atoms with E-state index in [1.807, 2.05) is 12.1 Å². The van der Waals surface area contributed by atoms with Crippen molar-refractivity contribution in [3.8, 4) is 0 Å². The van der Waals surface area contributed by atoms with E-state index in [0.717, 1.165) is 24.8 Å². The summed E-state index contributed by atoms with van der Waals surface area (Å²) in [6.45, 7) is 3.90. The monoisotopic (exact) mass is 339 g/mol. The van der Waals surface area contributed by atoms with Crippen molar-refractivity contribution in [3.05, 3.63) is 39.6 Å². The van der Waals surface area contributed by atoms with Crippen LogP contribution in [0.25, 0.3) is 0 Å². The molecule has 1 unspecified atom stereocenters. The molecule has 1 heterocycles. The molecule has 118 valence electrons. The molecule has 2 rings (SSSR count). The number of nitrogens with zero attached hydrogens (tertiary/aromatic N) is 3. The molecule has 2 aromatic rings. The van der Waals surface area contributed by atoms with Crippen molar-refractivity contribution in [2.75, 3.05) is 11.1 Å².